The highest BCUT2D eigenvalue weighted by Gasteiger charge is 2.35. The molecule has 1 saturated heterocycles. The van der Waals surface area contributed by atoms with E-state index in [0.717, 1.165) is 0 Å². The van der Waals surface area contributed by atoms with Crippen LogP contribution in [0.2, 0.25) is 5.15 Å². The van der Waals surface area contributed by atoms with Gasteiger partial charge in [0.05, 0.1) is 35.5 Å². The molecule has 1 atom stereocenters. The summed E-state index contributed by atoms with van der Waals surface area (Å²) in [6.45, 7) is 0.00412. The average Bonchev–Trinajstić information content (AvgIpc) is 2.78. The van der Waals surface area contributed by atoms with Gasteiger partial charge in [-0.15, -0.1) is 6.42 Å². The monoisotopic (exact) mass is 327 g/mol. The lowest BCUT2D eigenvalue weighted by atomic mass is 10.1. The molecule has 1 aromatic rings. The van der Waals surface area contributed by atoms with Gasteiger partial charge in [-0.1, -0.05) is 17.5 Å². The van der Waals surface area contributed by atoms with Crippen LogP contribution < -0.4 is 5.73 Å². The molecule has 8 heteroatoms. The Morgan fingerprint density at radius 3 is 2.90 bits per heavy atom. The molecule has 21 heavy (non-hydrogen) atoms. The van der Waals surface area contributed by atoms with Crippen LogP contribution in [0.1, 0.15) is 16.8 Å². The Morgan fingerprint density at radius 2 is 2.33 bits per heavy atom. The van der Waals surface area contributed by atoms with Crippen LogP contribution in [0.4, 0.5) is 5.69 Å². The van der Waals surface area contributed by atoms with E-state index >= 15 is 0 Å². The average molecular weight is 328 g/mol. The second-order valence-corrected chi connectivity index (χ2v) is 7.39. The minimum atomic E-state index is -3.13. The van der Waals surface area contributed by atoms with Crippen molar-refractivity contribution in [1.82, 2.24) is 9.88 Å². The first kappa shape index (κ1) is 15.6. The Bertz CT molecular complexity index is 712. The van der Waals surface area contributed by atoms with E-state index in [9.17, 15) is 13.2 Å². The molecule has 0 aromatic carbocycles. The van der Waals surface area contributed by atoms with Crippen molar-refractivity contribution in [2.24, 2.45) is 0 Å². The number of amides is 1. The molecule has 1 aliphatic heterocycles. The van der Waals surface area contributed by atoms with E-state index in [0.29, 0.717) is 12.1 Å². The molecular formula is C13H14ClN3O3S. The van der Waals surface area contributed by atoms with Crippen LogP contribution in [0.3, 0.4) is 0 Å². The second-order valence-electron chi connectivity index (χ2n) is 4.80. The van der Waals surface area contributed by atoms with Gasteiger partial charge in [-0.2, -0.15) is 0 Å². The van der Waals surface area contributed by atoms with Crippen molar-refractivity contribution < 1.29 is 13.2 Å². The summed E-state index contributed by atoms with van der Waals surface area (Å²) >= 11 is 5.91. The Labute approximate surface area is 128 Å². The molecule has 2 heterocycles. The van der Waals surface area contributed by atoms with Crippen molar-refractivity contribution in [3.8, 4) is 12.3 Å². The van der Waals surface area contributed by atoms with Gasteiger partial charge in [0, 0.05) is 6.04 Å². The summed E-state index contributed by atoms with van der Waals surface area (Å²) in [5, 5.41) is 0.0112. The van der Waals surface area contributed by atoms with Crippen molar-refractivity contribution in [2.75, 3.05) is 23.8 Å². The summed E-state index contributed by atoms with van der Waals surface area (Å²) in [6.07, 6.45) is 6.98. The highest BCUT2D eigenvalue weighted by Crippen LogP contribution is 2.23. The van der Waals surface area contributed by atoms with Gasteiger partial charge in [0.25, 0.3) is 5.91 Å². The van der Waals surface area contributed by atoms with Crippen molar-refractivity contribution in [2.45, 2.75) is 12.5 Å². The molecule has 0 saturated carbocycles. The van der Waals surface area contributed by atoms with E-state index < -0.39 is 21.8 Å². The quantitative estimate of drug-likeness (QED) is 0.647. The summed E-state index contributed by atoms with van der Waals surface area (Å²) in [4.78, 5) is 17.7. The number of hydrogen-bond acceptors (Lipinski definition) is 5. The van der Waals surface area contributed by atoms with Gasteiger partial charge < -0.3 is 10.6 Å². The maximum Gasteiger partial charge on any atom is 0.258 e. The number of anilines is 1. The molecule has 1 amide bonds. The van der Waals surface area contributed by atoms with Gasteiger partial charge in [0.2, 0.25) is 0 Å². The molecular weight excluding hydrogens is 314 g/mol. The lowest BCUT2D eigenvalue weighted by Gasteiger charge is -2.26. The first-order valence-electron chi connectivity index (χ1n) is 6.20. The maximum atomic E-state index is 12.6. The van der Waals surface area contributed by atoms with Gasteiger partial charge in [0.15, 0.2) is 9.84 Å². The smallest absolute Gasteiger partial charge is 0.258 e. The number of nitrogens with two attached hydrogens (primary N) is 1. The molecule has 1 aromatic heterocycles. The van der Waals surface area contributed by atoms with E-state index in [4.69, 9.17) is 23.8 Å². The minimum Gasteiger partial charge on any atom is -0.397 e. The summed E-state index contributed by atoms with van der Waals surface area (Å²) < 4.78 is 23.2. The van der Waals surface area contributed by atoms with Crippen molar-refractivity contribution in [3.63, 3.8) is 0 Å². The number of nitrogens with zero attached hydrogens (tertiary/aromatic N) is 2. The first-order chi connectivity index (χ1) is 9.84. The zero-order valence-corrected chi connectivity index (χ0v) is 12.7. The number of halogens is 1. The normalized spacial score (nSPS) is 19.9. The highest BCUT2D eigenvalue weighted by molar-refractivity contribution is 7.91. The maximum absolute atomic E-state index is 12.6. The largest absolute Gasteiger partial charge is 0.397 e. The fourth-order valence-electron chi connectivity index (χ4n) is 2.26. The van der Waals surface area contributed by atoms with E-state index in [-0.39, 0.29) is 28.8 Å². The predicted octanol–water partition coefficient (Wildman–Crippen LogP) is 0.580. The molecule has 6 nitrogen and oxygen atoms in total. The zero-order valence-electron chi connectivity index (χ0n) is 11.1. The number of hydrogen-bond donors (Lipinski definition) is 1. The number of nitrogen functional groups attached to an aromatic ring is 1. The van der Waals surface area contributed by atoms with Crippen molar-refractivity contribution in [3.05, 3.63) is 23.0 Å². The SMILES string of the molecule is C#CCN(C(=O)c1cc(N)cnc1Cl)C1CCS(=O)(=O)C1. The van der Waals surface area contributed by atoms with E-state index in [1.807, 2.05) is 0 Å². The molecule has 0 radical (unpaired) electrons. The highest BCUT2D eigenvalue weighted by atomic mass is 35.5. The number of rotatable bonds is 3. The third-order valence-electron chi connectivity index (χ3n) is 3.26. The molecule has 0 aliphatic carbocycles. The van der Waals surface area contributed by atoms with Crippen LogP contribution in [-0.4, -0.2) is 48.3 Å². The van der Waals surface area contributed by atoms with Gasteiger partial charge >= 0.3 is 0 Å². The molecule has 0 spiro atoms. The summed E-state index contributed by atoms with van der Waals surface area (Å²) in [5.74, 6) is 1.87. The number of aromatic nitrogens is 1. The third kappa shape index (κ3) is 3.46. The molecule has 2 N–H and O–H groups in total. The summed E-state index contributed by atoms with van der Waals surface area (Å²) in [5.41, 5.74) is 6.02. The lowest BCUT2D eigenvalue weighted by Crippen LogP contribution is -2.41. The molecule has 1 fully saturated rings. The van der Waals surface area contributed by atoms with Gasteiger partial charge in [0.1, 0.15) is 5.15 Å². The van der Waals surface area contributed by atoms with Crippen LogP contribution in [0.15, 0.2) is 12.3 Å². The van der Waals surface area contributed by atoms with Gasteiger partial charge in [-0.25, -0.2) is 13.4 Å². The van der Waals surface area contributed by atoms with Crippen LogP contribution >= 0.6 is 11.6 Å². The van der Waals surface area contributed by atoms with Gasteiger partial charge in [-0.3, -0.25) is 4.79 Å². The predicted molar refractivity (Wildman–Crippen MR) is 80.6 cm³/mol. The fraction of sp³-hybridized carbons (Fsp3) is 0.385. The van der Waals surface area contributed by atoms with E-state index in [2.05, 4.69) is 10.9 Å². The Hall–Kier alpha value is -1.78. The molecule has 1 aliphatic rings. The minimum absolute atomic E-state index is 0.00412. The third-order valence-corrected chi connectivity index (χ3v) is 5.31. The second kappa shape index (κ2) is 5.92. The Morgan fingerprint density at radius 1 is 1.62 bits per heavy atom. The lowest BCUT2D eigenvalue weighted by molar-refractivity contribution is 0.0724. The van der Waals surface area contributed by atoms with Crippen LogP contribution in [-0.2, 0) is 9.84 Å². The van der Waals surface area contributed by atoms with Crippen LogP contribution in [0.25, 0.3) is 0 Å². The summed E-state index contributed by atoms with van der Waals surface area (Å²) in [7, 11) is -3.13. The number of carbonyl (C=O) groups is 1. The van der Waals surface area contributed by atoms with Crippen molar-refractivity contribution in [1.29, 1.82) is 0 Å². The van der Waals surface area contributed by atoms with Crippen molar-refractivity contribution >= 4 is 33.0 Å². The molecule has 0 bridgehead atoms. The number of sulfone groups is 1. The van der Waals surface area contributed by atoms with Gasteiger partial charge in [-0.05, 0) is 12.5 Å². The molecule has 2 rings (SSSR count). The number of carbonyl (C=O) groups excluding carboxylic acids is 1. The molecule has 1 unspecified atom stereocenters. The molecule has 112 valence electrons. The number of pyridine rings is 1. The fourth-order valence-corrected chi connectivity index (χ4v) is 4.17. The topological polar surface area (TPSA) is 93.4 Å². The zero-order chi connectivity index (χ0) is 15.6. The Balaban J connectivity index is 2.32. The summed E-state index contributed by atoms with van der Waals surface area (Å²) in [6, 6.07) is 0.959. The van der Waals surface area contributed by atoms with Crippen LogP contribution in [0, 0.1) is 12.3 Å². The standard InChI is InChI=1S/C13H14ClN3O3S/c1-2-4-17(10-3-5-21(19,20)8-10)13(18)11-6-9(15)7-16-12(11)14/h1,6-7,10H,3-5,8,15H2. The van der Waals surface area contributed by atoms with E-state index in [1.54, 1.807) is 0 Å². The van der Waals surface area contributed by atoms with E-state index in [1.165, 1.54) is 17.2 Å². The Kier molecular flexibility index (Phi) is 4.40. The van der Waals surface area contributed by atoms with Crippen LogP contribution in [0.5, 0.6) is 0 Å². The number of terminal acetylenes is 1. The first-order valence-corrected chi connectivity index (χ1v) is 8.40.